The van der Waals surface area contributed by atoms with Crippen LogP contribution in [0.1, 0.15) is 44.8 Å². The van der Waals surface area contributed by atoms with Crippen LogP contribution in [0.4, 0.5) is 5.82 Å². The summed E-state index contributed by atoms with van der Waals surface area (Å²) >= 11 is 0. The van der Waals surface area contributed by atoms with Gasteiger partial charge in [0.25, 0.3) is 0 Å². The number of carbonyl (C=O) groups is 1. The number of pyridine rings is 1. The zero-order chi connectivity index (χ0) is 15.5. The van der Waals surface area contributed by atoms with Crippen LogP contribution in [0, 0.1) is 0 Å². The maximum Gasteiger partial charge on any atom is 0.228 e. The maximum atomic E-state index is 12.6. The van der Waals surface area contributed by atoms with Gasteiger partial charge in [-0.2, -0.15) is 5.10 Å². The van der Waals surface area contributed by atoms with Crippen LogP contribution < -0.4 is 4.90 Å². The third kappa shape index (κ3) is 2.89. The largest absolute Gasteiger partial charge is 0.294 e. The Morgan fingerprint density at radius 1 is 1.23 bits per heavy atom. The lowest BCUT2D eigenvalue weighted by atomic mass is 10.0. The van der Waals surface area contributed by atoms with Gasteiger partial charge in [-0.3, -0.25) is 14.7 Å². The van der Waals surface area contributed by atoms with Crippen LogP contribution in [0.2, 0.25) is 0 Å². The summed E-state index contributed by atoms with van der Waals surface area (Å²) in [6.07, 6.45) is 6.72. The van der Waals surface area contributed by atoms with Crippen LogP contribution in [0.25, 0.3) is 0 Å². The number of aryl methyl sites for hydroxylation is 1. The topological polar surface area (TPSA) is 51.0 Å². The molecule has 1 aliphatic heterocycles. The van der Waals surface area contributed by atoms with Crippen molar-refractivity contribution in [3.8, 4) is 0 Å². The molecule has 0 aliphatic carbocycles. The molecule has 0 radical (unpaired) electrons. The highest BCUT2D eigenvalue weighted by molar-refractivity contribution is 5.93. The van der Waals surface area contributed by atoms with Gasteiger partial charge in [0, 0.05) is 30.4 Å². The molecule has 2 aromatic rings. The van der Waals surface area contributed by atoms with Crippen molar-refractivity contribution in [2.75, 3.05) is 4.90 Å². The number of nitrogens with zero attached hydrogens (tertiary/aromatic N) is 4. The summed E-state index contributed by atoms with van der Waals surface area (Å²) in [6.45, 7) is 4.26. The zero-order valence-corrected chi connectivity index (χ0v) is 13.1. The number of rotatable bonds is 4. The van der Waals surface area contributed by atoms with Crippen LogP contribution in [0.15, 0.2) is 36.7 Å². The van der Waals surface area contributed by atoms with Crippen LogP contribution in [-0.2, 0) is 11.2 Å². The molecular weight excluding hydrogens is 276 g/mol. The minimum absolute atomic E-state index is 0.178. The van der Waals surface area contributed by atoms with Crippen molar-refractivity contribution >= 4 is 11.7 Å². The molecular formula is C17H22N4O. The van der Waals surface area contributed by atoms with Crippen LogP contribution in [0.5, 0.6) is 0 Å². The van der Waals surface area contributed by atoms with E-state index in [1.54, 1.807) is 12.4 Å². The molecule has 5 nitrogen and oxygen atoms in total. The van der Waals surface area contributed by atoms with Crippen molar-refractivity contribution in [1.82, 2.24) is 14.8 Å². The fourth-order valence-electron chi connectivity index (χ4n) is 3.22. The molecule has 1 aliphatic rings. The van der Waals surface area contributed by atoms with E-state index in [9.17, 15) is 4.79 Å². The Hall–Kier alpha value is -2.17. The number of hydrogen-bond acceptors (Lipinski definition) is 3. The van der Waals surface area contributed by atoms with Gasteiger partial charge in [0.05, 0.1) is 12.2 Å². The minimum Gasteiger partial charge on any atom is -0.294 e. The second-order valence-corrected chi connectivity index (χ2v) is 6.01. The van der Waals surface area contributed by atoms with E-state index >= 15 is 0 Å². The van der Waals surface area contributed by atoms with Gasteiger partial charge in [-0.15, -0.1) is 0 Å². The van der Waals surface area contributed by atoms with Gasteiger partial charge in [0.15, 0.2) is 0 Å². The van der Waals surface area contributed by atoms with Gasteiger partial charge in [-0.25, -0.2) is 4.68 Å². The van der Waals surface area contributed by atoms with Gasteiger partial charge in [-0.1, -0.05) is 6.07 Å². The highest BCUT2D eigenvalue weighted by Crippen LogP contribution is 2.31. The van der Waals surface area contributed by atoms with Crippen molar-refractivity contribution < 1.29 is 4.79 Å². The van der Waals surface area contributed by atoms with Crippen LogP contribution in [-0.4, -0.2) is 26.7 Å². The first-order valence-electron chi connectivity index (χ1n) is 7.92. The van der Waals surface area contributed by atoms with Gasteiger partial charge < -0.3 is 0 Å². The molecule has 5 heteroatoms. The third-order valence-electron chi connectivity index (χ3n) is 4.26. The number of amides is 1. The molecule has 3 rings (SSSR count). The molecule has 1 amide bonds. The van der Waals surface area contributed by atoms with Crippen molar-refractivity contribution in [2.45, 2.75) is 51.6 Å². The predicted molar refractivity (Wildman–Crippen MR) is 85.7 cm³/mol. The van der Waals surface area contributed by atoms with E-state index in [0.717, 1.165) is 30.8 Å². The summed E-state index contributed by atoms with van der Waals surface area (Å²) in [5, 5.41) is 4.35. The zero-order valence-electron chi connectivity index (χ0n) is 13.1. The first-order chi connectivity index (χ1) is 10.7. The van der Waals surface area contributed by atoms with E-state index in [2.05, 4.69) is 23.9 Å². The fourth-order valence-corrected chi connectivity index (χ4v) is 3.22. The molecule has 0 spiro atoms. The number of carbonyl (C=O) groups excluding carboxylic acids is 1. The molecule has 0 N–H and O–H groups in total. The first kappa shape index (κ1) is 14.8. The van der Waals surface area contributed by atoms with Crippen molar-refractivity contribution in [1.29, 1.82) is 0 Å². The molecule has 2 atom stereocenters. The summed E-state index contributed by atoms with van der Waals surface area (Å²) in [5.41, 5.74) is 1.04. The number of hydrogen-bond donors (Lipinski definition) is 0. The molecule has 3 heterocycles. The molecule has 2 aromatic heterocycles. The molecule has 22 heavy (non-hydrogen) atoms. The van der Waals surface area contributed by atoms with E-state index in [1.807, 2.05) is 33.8 Å². The summed E-state index contributed by atoms with van der Waals surface area (Å²) in [7, 11) is 0. The van der Waals surface area contributed by atoms with E-state index in [1.165, 1.54) is 0 Å². The number of anilines is 1. The smallest absolute Gasteiger partial charge is 0.228 e. The first-order valence-corrected chi connectivity index (χ1v) is 7.92. The SMILES string of the molecule is C[C@@H]1C[C@@H](C)n2nccc2N1C(=O)CCCc1ccccn1. The lowest BCUT2D eigenvalue weighted by Crippen LogP contribution is -2.44. The Balaban J connectivity index is 1.64. The Bertz CT molecular complexity index is 637. The number of aromatic nitrogens is 3. The van der Waals surface area contributed by atoms with Crippen LogP contribution >= 0.6 is 0 Å². The average molecular weight is 298 g/mol. The second kappa shape index (κ2) is 6.30. The average Bonchev–Trinajstić information content (AvgIpc) is 2.98. The number of fused-ring (bicyclic) bond motifs is 1. The van der Waals surface area contributed by atoms with E-state index in [-0.39, 0.29) is 11.9 Å². The molecule has 0 unspecified atom stereocenters. The molecule has 0 aromatic carbocycles. The van der Waals surface area contributed by atoms with Crippen molar-refractivity contribution in [3.63, 3.8) is 0 Å². The summed E-state index contributed by atoms with van der Waals surface area (Å²) in [5.74, 6) is 1.10. The van der Waals surface area contributed by atoms with Crippen molar-refractivity contribution in [3.05, 3.63) is 42.4 Å². The van der Waals surface area contributed by atoms with E-state index in [0.29, 0.717) is 12.5 Å². The Morgan fingerprint density at radius 2 is 2.09 bits per heavy atom. The normalized spacial score (nSPS) is 20.7. The van der Waals surface area contributed by atoms with Crippen LogP contribution in [0.3, 0.4) is 0 Å². The maximum absolute atomic E-state index is 12.6. The minimum atomic E-state index is 0.178. The second-order valence-electron chi connectivity index (χ2n) is 6.01. The summed E-state index contributed by atoms with van der Waals surface area (Å²) in [4.78, 5) is 18.8. The van der Waals surface area contributed by atoms with E-state index < -0.39 is 0 Å². The molecule has 0 bridgehead atoms. The highest BCUT2D eigenvalue weighted by Gasteiger charge is 2.31. The molecule has 0 saturated carbocycles. The van der Waals surface area contributed by atoms with Gasteiger partial charge in [-0.05, 0) is 45.2 Å². The predicted octanol–water partition coefficient (Wildman–Crippen LogP) is 2.99. The Morgan fingerprint density at radius 3 is 2.86 bits per heavy atom. The molecule has 0 saturated heterocycles. The van der Waals surface area contributed by atoms with Gasteiger partial charge >= 0.3 is 0 Å². The lowest BCUT2D eigenvalue weighted by molar-refractivity contribution is -0.119. The lowest BCUT2D eigenvalue weighted by Gasteiger charge is -2.37. The van der Waals surface area contributed by atoms with E-state index in [4.69, 9.17) is 0 Å². The van der Waals surface area contributed by atoms with Crippen molar-refractivity contribution in [2.24, 2.45) is 0 Å². The van der Waals surface area contributed by atoms with Gasteiger partial charge in [0.1, 0.15) is 5.82 Å². The third-order valence-corrected chi connectivity index (χ3v) is 4.26. The summed E-state index contributed by atoms with van der Waals surface area (Å²) < 4.78 is 1.96. The monoisotopic (exact) mass is 298 g/mol. The van der Waals surface area contributed by atoms with Gasteiger partial charge in [0.2, 0.25) is 5.91 Å². The molecule has 116 valence electrons. The Labute approximate surface area is 131 Å². The quantitative estimate of drug-likeness (QED) is 0.872. The standard InChI is InChI=1S/C17H22N4O/c1-13-12-14(2)21-16(9-11-19-21)20(13)17(22)8-5-7-15-6-3-4-10-18-15/h3-4,6,9-11,13-14H,5,7-8,12H2,1-2H3/t13-,14-/m1/s1. The summed E-state index contributed by atoms with van der Waals surface area (Å²) in [6, 6.07) is 8.40. The fraction of sp³-hybridized carbons (Fsp3) is 0.471. The highest BCUT2D eigenvalue weighted by atomic mass is 16.2. The molecule has 0 fully saturated rings. The Kier molecular flexibility index (Phi) is 4.22.